The monoisotopic (exact) mass is 425 g/mol. The van der Waals surface area contributed by atoms with E-state index in [-0.39, 0.29) is 6.03 Å². The minimum absolute atomic E-state index is 0.00571. The molecule has 0 radical (unpaired) electrons. The number of hydrogen-bond acceptors (Lipinski definition) is 6. The van der Waals surface area contributed by atoms with Crippen molar-refractivity contribution in [2.75, 3.05) is 64.5 Å². The third kappa shape index (κ3) is 5.86. The molecule has 1 aromatic heterocycles. The van der Waals surface area contributed by atoms with Gasteiger partial charge in [-0.05, 0) is 35.4 Å². The van der Waals surface area contributed by atoms with Crippen LogP contribution in [-0.2, 0) is 17.8 Å². The first-order chi connectivity index (χ1) is 15.2. The smallest absolute Gasteiger partial charge is 0.317 e. The lowest BCUT2D eigenvalue weighted by molar-refractivity contribution is 0.122. The molecule has 0 spiro atoms. The number of methoxy groups -OCH3 is 1. The van der Waals surface area contributed by atoms with Gasteiger partial charge < -0.3 is 24.6 Å². The van der Waals surface area contributed by atoms with E-state index in [0.717, 1.165) is 76.2 Å². The Balaban J connectivity index is 1.22. The van der Waals surface area contributed by atoms with E-state index < -0.39 is 0 Å². The van der Waals surface area contributed by atoms with Crippen molar-refractivity contribution in [3.63, 3.8) is 0 Å². The van der Waals surface area contributed by atoms with Gasteiger partial charge in [0.25, 0.3) is 0 Å². The first-order valence-corrected chi connectivity index (χ1v) is 10.9. The molecule has 2 saturated heterocycles. The Hall–Kier alpha value is -2.84. The molecule has 0 aliphatic carbocycles. The number of pyridine rings is 1. The molecule has 1 aromatic carbocycles. The molecule has 2 aromatic rings. The highest BCUT2D eigenvalue weighted by atomic mass is 16.5. The number of rotatable bonds is 6. The van der Waals surface area contributed by atoms with Crippen molar-refractivity contribution in [1.29, 1.82) is 0 Å². The summed E-state index contributed by atoms with van der Waals surface area (Å²) in [5.41, 5.74) is 2.32. The van der Waals surface area contributed by atoms with E-state index in [4.69, 9.17) is 9.47 Å². The van der Waals surface area contributed by atoms with Crippen LogP contribution in [0.15, 0.2) is 42.6 Å². The molecule has 166 valence electrons. The van der Waals surface area contributed by atoms with Gasteiger partial charge in [-0.2, -0.15) is 0 Å². The number of nitrogens with zero attached hydrogens (tertiary/aromatic N) is 4. The maximum absolute atomic E-state index is 12.6. The van der Waals surface area contributed by atoms with Crippen LogP contribution in [-0.4, -0.2) is 80.4 Å². The van der Waals surface area contributed by atoms with Crippen molar-refractivity contribution in [3.8, 4) is 5.75 Å². The normalized spacial score (nSPS) is 17.5. The molecule has 2 fully saturated rings. The molecule has 3 heterocycles. The second-order valence-electron chi connectivity index (χ2n) is 7.89. The van der Waals surface area contributed by atoms with Crippen LogP contribution >= 0.6 is 0 Å². The van der Waals surface area contributed by atoms with E-state index in [2.05, 4.69) is 38.3 Å². The molecule has 0 unspecified atom stereocenters. The Morgan fingerprint density at radius 1 is 1.03 bits per heavy atom. The minimum atomic E-state index is -0.00571. The Kier molecular flexibility index (Phi) is 7.22. The number of piperazine rings is 1. The molecule has 8 heteroatoms. The third-order valence-corrected chi connectivity index (χ3v) is 5.81. The Labute approximate surface area is 183 Å². The Morgan fingerprint density at radius 3 is 2.48 bits per heavy atom. The zero-order chi connectivity index (χ0) is 21.5. The van der Waals surface area contributed by atoms with Crippen LogP contribution < -0.4 is 15.0 Å². The molecule has 2 amide bonds. The molecular weight excluding hydrogens is 394 g/mol. The largest absolute Gasteiger partial charge is 0.497 e. The predicted octanol–water partition coefficient (Wildman–Crippen LogP) is 1.95. The fourth-order valence-electron chi connectivity index (χ4n) is 3.92. The quantitative estimate of drug-likeness (QED) is 0.763. The van der Waals surface area contributed by atoms with Crippen molar-refractivity contribution in [3.05, 3.63) is 53.7 Å². The number of benzene rings is 1. The molecular formula is C23H31N5O3. The summed E-state index contributed by atoms with van der Waals surface area (Å²) in [7, 11) is 1.68. The van der Waals surface area contributed by atoms with Crippen LogP contribution in [0.4, 0.5) is 10.6 Å². The Morgan fingerprint density at radius 2 is 1.77 bits per heavy atom. The number of carbonyl (C=O) groups is 1. The SMILES string of the molecule is COc1ccc(CN2CCN(C(=O)NCc3ccnc(N4CCOCC4)c3)CC2)cc1. The standard InChI is InChI=1S/C23H31N5O3/c1-30-21-4-2-19(3-5-21)18-26-8-10-28(11-9-26)23(29)25-17-20-6-7-24-22(16-20)27-12-14-31-15-13-27/h2-7,16H,8-15,17-18H2,1H3,(H,25,29). The number of carbonyl (C=O) groups excluding carboxylic acids is 1. The van der Waals surface area contributed by atoms with Gasteiger partial charge in [-0.3, -0.25) is 4.90 Å². The van der Waals surface area contributed by atoms with E-state index in [1.54, 1.807) is 7.11 Å². The third-order valence-electron chi connectivity index (χ3n) is 5.81. The summed E-state index contributed by atoms with van der Waals surface area (Å²) in [6.45, 7) is 7.76. The molecule has 31 heavy (non-hydrogen) atoms. The lowest BCUT2D eigenvalue weighted by atomic mass is 10.2. The Bertz CT molecular complexity index is 847. The highest BCUT2D eigenvalue weighted by molar-refractivity contribution is 5.74. The molecule has 2 aliphatic rings. The minimum Gasteiger partial charge on any atom is -0.497 e. The number of aromatic nitrogens is 1. The van der Waals surface area contributed by atoms with Gasteiger partial charge in [0.1, 0.15) is 11.6 Å². The van der Waals surface area contributed by atoms with Crippen molar-refractivity contribution in [2.24, 2.45) is 0 Å². The highest BCUT2D eigenvalue weighted by Gasteiger charge is 2.21. The first kappa shape index (κ1) is 21.4. The van der Waals surface area contributed by atoms with Crippen LogP contribution in [0.5, 0.6) is 5.75 Å². The van der Waals surface area contributed by atoms with Gasteiger partial charge >= 0.3 is 6.03 Å². The predicted molar refractivity (Wildman–Crippen MR) is 119 cm³/mol. The number of amides is 2. The van der Waals surface area contributed by atoms with Gasteiger partial charge in [0.05, 0.1) is 20.3 Å². The van der Waals surface area contributed by atoms with Gasteiger partial charge in [-0.25, -0.2) is 9.78 Å². The van der Waals surface area contributed by atoms with E-state index >= 15 is 0 Å². The fraction of sp³-hybridized carbons (Fsp3) is 0.478. The number of nitrogens with one attached hydrogen (secondary N) is 1. The van der Waals surface area contributed by atoms with Crippen molar-refractivity contribution in [2.45, 2.75) is 13.1 Å². The summed E-state index contributed by atoms with van der Waals surface area (Å²) in [6, 6.07) is 12.2. The van der Waals surface area contributed by atoms with Crippen LogP contribution in [0.3, 0.4) is 0 Å². The summed E-state index contributed by atoms with van der Waals surface area (Å²) in [5.74, 6) is 1.82. The highest BCUT2D eigenvalue weighted by Crippen LogP contribution is 2.16. The van der Waals surface area contributed by atoms with Crippen LogP contribution in [0.1, 0.15) is 11.1 Å². The van der Waals surface area contributed by atoms with Crippen molar-refractivity contribution in [1.82, 2.24) is 20.1 Å². The summed E-state index contributed by atoms with van der Waals surface area (Å²) >= 11 is 0. The van der Waals surface area contributed by atoms with Crippen LogP contribution in [0.25, 0.3) is 0 Å². The maximum Gasteiger partial charge on any atom is 0.317 e. The lowest BCUT2D eigenvalue weighted by Crippen LogP contribution is -2.51. The summed E-state index contributed by atoms with van der Waals surface area (Å²) in [6.07, 6.45) is 1.81. The van der Waals surface area contributed by atoms with Gasteiger partial charge in [0.15, 0.2) is 0 Å². The average Bonchev–Trinajstić information content (AvgIpc) is 2.84. The summed E-state index contributed by atoms with van der Waals surface area (Å²) < 4.78 is 10.6. The van der Waals surface area contributed by atoms with Gasteiger partial charge in [0.2, 0.25) is 0 Å². The summed E-state index contributed by atoms with van der Waals surface area (Å²) in [5, 5.41) is 3.06. The average molecular weight is 426 g/mol. The lowest BCUT2D eigenvalue weighted by Gasteiger charge is -2.34. The number of hydrogen-bond donors (Lipinski definition) is 1. The molecule has 8 nitrogen and oxygen atoms in total. The molecule has 1 N–H and O–H groups in total. The molecule has 0 saturated carbocycles. The van der Waals surface area contributed by atoms with Gasteiger partial charge in [-0.15, -0.1) is 0 Å². The fourth-order valence-corrected chi connectivity index (χ4v) is 3.92. The van der Waals surface area contributed by atoms with E-state index in [1.807, 2.05) is 29.3 Å². The number of morpholine rings is 1. The van der Waals surface area contributed by atoms with E-state index in [0.29, 0.717) is 6.54 Å². The zero-order valence-electron chi connectivity index (χ0n) is 18.1. The summed E-state index contributed by atoms with van der Waals surface area (Å²) in [4.78, 5) is 23.6. The molecule has 0 bridgehead atoms. The molecule has 2 aliphatic heterocycles. The second-order valence-corrected chi connectivity index (χ2v) is 7.89. The van der Waals surface area contributed by atoms with Crippen molar-refractivity contribution < 1.29 is 14.3 Å². The van der Waals surface area contributed by atoms with Crippen LogP contribution in [0, 0.1) is 0 Å². The first-order valence-electron chi connectivity index (χ1n) is 10.9. The maximum atomic E-state index is 12.6. The van der Waals surface area contributed by atoms with E-state index in [1.165, 1.54) is 5.56 Å². The van der Waals surface area contributed by atoms with Crippen LogP contribution in [0.2, 0.25) is 0 Å². The molecule has 4 rings (SSSR count). The number of ether oxygens (including phenoxy) is 2. The van der Waals surface area contributed by atoms with Gasteiger partial charge in [0, 0.05) is 58.6 Å². The van der Waals surface area contributed by atoms with Gasteiger partial charge in [-0.1, -0.05) is 12.1 Å². The topological polar surface area (TPSA) is 70.2 Å². The number of urea groups is 1. The number of anilines is 1. The molecule has 0 atom stereocenters. The van der Waals surface area contributed by atoms with Crippen molar-refractivity contribution >= 4 is 11.8 Å². The zero-order valence-corrected chi connectivity index (χ0v) is 18.1. The second kappa shape index (κ2) is 10.5. The van der Waals surface area contributed by atoms with E-state index in [9.17, 15) is 4.79 Å².